The first-order valence-electron chi connectivity index (χ1n) is 4.80. The van der Waals surface area contributed by atoms with Gasteiger partial charge in [0.2, 0.25) is 0 Å². The number of rotatable bonds is 2. The number of halogens is 1. The van der Waals surface area contributed by atoms with E-state index < -0.39 is 0 Å². The van der Waals surface area contributed by atoms with Gasteiger partial charge in [-0.25, -0.2) is 0 Å². The Morgan fingerprint density at radius 1 is 1.57 bits per heavy atom. The molecular weight excluding hydrogens is 264 g/mol. The van der Waals surface area contributed by atoms with Crippen LogP contribution in [-0.2, 0) is 4.74 Å². The van der Waals surface area contributed by atoms with E-state index in [9.17, 15) is 0 Å². The molecule has 1 aliphatic heterocycles. The Morgan fingerprint density at radius 2 is 2.43 bits per heavy atom. The molecule has 78 valence electrons. The van der Waals surface area contributed by atoms with Gasteiger partial charge in [-0.15, -0.1) is 11.3 Å². The summed E-state index contributed by atoms with van der Waals surface area (Å²) in [4.78, 5) is 1.26. The Bertz CT molecular complexity index is 300. The van der Waals surface area contributed by atoms with Crippen LogP contribution in [0.4, 0.5) is 0 Å². The molecule has 1 N–H and O–H groups in total. The van der Waals surface area contributed by atoms with Crippen LogP contribution in [0.5, 0.6) is 0 Å². The summed E-state index contributed by atoms with van der Waals surface area (Å²) in [5, 5.41) is 11.1. The van der Waals surface area contributed by atoms with Crippen LogP contribution in [-0.4, -0.2) is 17.8 Å². The van der Waals surface area contributed by atoms with Crippen LogP contribution >= 0.6 is 27.3 Å². The van der Waals surface area contributed by atoms with Gasteiger partial charge in [-0.1, -0.05) is 0 Å². The fourth-order valence-corrected chi connectivity index (χ4v) is 3.26. The minimum atomic E-state index is 0.0367. The highest BCUT2D eigenvalue weighted by atomic mass is 79.9. The summed E-state index contributed by atoms with van der Waals surface area (Å²) in [5.74, 6) is 0. The first kappa shape index (κ1) is 10.6. The third kappa shape index (κ3) is 2.37. The van der Waals surface area contributed by atoms with E-state index >= 15 is 0 Å². The standard InChI is InChI=1S/C10H13BrO2S/c11-7-4-10(14-6-7)9-3-1-2-8(5-12)13-9/h4,6,8-9,12H,1-3,5H2. The quantitative estimate of drug-likeness (QED) is 0.900. The zero-order valence-corrected chi connectivity index (χ0v) is 10.2. The molecule has 0 spiro atoms. The lowest BCUT2D eigenvalue weighted by molar-refractivity contribution is -0.0722. The monoisotopic (exact) mass is 276 g/mol. The smallest absolute Gasteiger partial charge is 0.0922 e. The summed E-state index contributed by atoms with van der Waals surface area (Å²) >= 11 is 5.15. The molecule has 0 aliphatic carbocycles. The van der Waals surface area contributed by atoms with Crippen LogP contribution in [0.2, 0.25) is 0 Å². The molecule has 2 atom stereocenters. The Hall–Kier alpha value is 0.1000. The van der Waals surface area contributed by atoms with E-state index in [1.54, 1.807) is 11.3 Å². The third-order valence-electron chi connectivity index (χ3n) is 2.46. The number of thiophene rings is 1. The maximum absolute atomic E-state index is 9.03. The van der Waals surface area contributed by atoms with E-state index in [4.69, 9.17) is 9.84 Å². The SMILES string of the molecule is OCC1CCCC(c2cc(Br)cs2)O1. The first-order valence-corrected chi connectivity index (χ1v) is 6.47. The molecule has 1 aromatic rings. The number of aliphatic hydroxyl groups excluding tert-OH is 1. The predicted octanol–water partition coefficient (Wildman–Crippen LogP) is 3.11. The van der Waals surface area contributed by atoms with E-state index in [2.05, 4.69) is 27.4 Å². The van der Waals surface area contributed by atoms with Crippen LogP contribution in [0.25, 0.3) is 0 Å². The predicted molar refractivity (Wildman–Crippen MR) is 60.6 cm³/mol. The van der Waals surface area contributed by atoms with E-state index in [1.807, 2.05) is 0 Å². The molecule has 2 rings (SSSR count). The first-order chi connectivity index (χ1) is 6.79. The molecular formula is C10H13BrO2S. The van der Waals surface area contributed by atoms with Gasteiger partial charge in [0.1, 0.15) is 0 Å². The number of aliphatic hydroxyl groups is 1. The molecule has 0 bridgehead atoms. The highest BCUT2D eigenvalue weighted by molar-refractivity contribution is 9.10. The van der Waals surface area contributed by atoms with Gasteiger partial charge in [0.05, 0.1) is 18.8 Å². The van der Waals surface area contributed by atoms with Crippen molar-refractivity contribution in [3.8, 4) is 0 Å². The van der Waals surface area contributed by atoms with Crippen molar-refractivity contribution in [2.45, 2.75) is 31.5 Å². The highest BCUT2D eigenvalue weighted by Gasteiger charge is 2.23. The molecule has 0 amide bonds. The van der Waals surface area contributed by atoms with Crippen molar-refractivity contribution in [3.05, 3.63) is 20.8 Å². The van der Waals surface area contributed by atoms with Crippen LogP contribution < -0.4 is 0 Å². The molecule has 2 unspecified atom stereocenters. The molecule has 1 saturated heterocycles. The summed E-state index contributed by atoms with van der Waals surface area (Å²) in [7, 11) is 0. The van der Waals surface area contributed by atoms with Crippen molar-refractivity contribution in [3.63, 3.8) is 0 Å². The summed E-state index contributed by atoms with van der Waals surface area (Å²) < 4.78 is 6.89. The van der Waals surface area contributed by atoms with Crippen molar-refractivity contribution >= 4 is 27.3 Å². The van der Waals surface area contributed by atoms with E-state index in [-0.39, 0.29) is 18.8 Å². The second-order valence-electron chi connectivity index (χ2n) is 3.53. The average molecular weight is 277 g/mol. The van der Waals surface area contributed by atoms with Crippen molar-refractivity contribution in [2.24, 2.45) is 0 Å². The molecule has 1 aliphatic rings. The molecule has 14 heavy (non-hydrogen) atoms. The van der Waals surface area contributed by atoms with E-state index in [1.165, 1.54) is 4.88 Å². The molecule has 1 aromatic heterocycles. The third-order valence-corrected chi connectivity index (χ3v) is 4.24. The van der Waals surface area contributed by atoms with Gasteiger partial charge in [-0.2, -0.15) is 0 Å². The lowest BCUT2D eigenvalue weighted by Gasteiger charge is -2.28. The van der Waals surface area contributed by atoms with Gasteiger partial charge in [-0.05, 0) is 41.3 Å². The highest BCUT2D eigenvalue weighted by Crippen LogP contribution is 2.35. The van der Waals surface area contributed by atoms with E-state index in [0.717, 1.165) is 23.7 Å². The molecule has 0 saturated carbocycles. The van der Waals surface area contributed by atoms with Crippen molar-refractivity contribution in [1.82, 2.24) is 0 Å². The van der Waals surface area contributed by atoms with Crippen LogP contribution in [0, 0.1) is 0 Å². The van der Waals surface area contributed by atoms with E-state index in [0.29, 0.717) is 0 Å². The zero-order chi connectivity index (χ0) is 9.97. The Morgan fingerprint density at radius 3 is 3.07 bits per heavy atom. The van der Waals surface area contributed by atoms with Gasteiger partial charge in [0.15, 0.2) is 0 Å². The zero-order valence-electron chi connectivity index (χ0n) is 7.78. The molecule has 2 heterocycles. The molecule has 1 fully saturated rings. The summed E-state index contributed by atoms with van der Waals surface area (Å²) in [5.41, 5.74) is 0. The van der Waals surface area contributed by atoms with Crippen molar-refractivity contribution in [2.75, 3.05) is 6.61 Å². The van der Waals surface area contributed by atoms with Gasteiger partial charge < -0.3 is 9.84 Å². The summed E-state index contributed by atoms with van der Waals surface area (Å²) in [6.07, 6.45) is 3.43. The second-order valence-corrected chi connectivity index (χ2v) is 5.39. The summed E-state index contributed by atoms with van der Waals surface area (Å²) in [6, 6.07) is 2.11. The Balaban J connectivity index is 2.04. The molecule has 0 radical (unpaired) electrons. The Kier molecular flexibility index (Phi) is 3.60. The number of hydrogen-bond donors (Lipinski definition) is 1. The van der Waals surface area contributed by atoms with Gasteiger partial charge in [0, 0.05) is 14.7 Å². The Labute approximate surface area is 96.0 Å². The van der Waals surface area contributed by atoms with Crippen LogP contribution in [0.15, 0.2) is 15.9 Å². The largest absolute Gasteiger partial charge is 0.394 e. The van der Waals surface area contributed by atoms with Gasteiger partial charge >= 0.3 is 0 Å². The lowest BCUT2D eigenvalue weighted by Crippen LogP contribution is -2.24. The molecule has 0 aromatic carbocycles. The van der Waals surface area contributed by atoms with Crippen molar-refractivity contribution < 1.29 is 9.84 Å². The maximum atomic E-state index is 9.03. The minimum Gasteiger partial charge on any atom is -0.394 e. The minimum absolute atomic E-state index is 0.0367. The maximum Gasteiger partial charge on any atom is 0.0922 e. The van der Waals surface area contributed by atoms with Gasteiger partial charge in [0.25, 0.3) is 0 Å². The van der Waals surface area contributed by atoms with Gasteiger partial charge in [-0.3, -0.25) is 0 Å². The normalized spacial score (nSPS) is 27.9. The fraction of sp³-hybridized carbons (Fsp3) is 0.600. The number of ether oxygens (including phenoxy) is 1. The number of hydrogen-bond acceptors (Lipinski definition) is 3. The fourth-order valence-electron chi connectivity index (χ4n) is 1.74. The van der Waals surface area contributed by atoms with Crippen LogP contribution in [0.3, 0.4) is 0 Å². The van der Waals surface area contributed by atoms with Crippen molar-refractivity contribution in [1.29, 1.82) is 0 Å². The summed E-state index contributed by atoms with van der Waals surface area (Å²) in [6.45, 7) is 0.142. The second kappa shape index (κ2) is 4.75. The van der Waals surface area contributed by atoms with Crippen LogP contribution in [0.1, 0.15) is 30.2 Å². The average Bonchev–Trinajstić information content (AvgIpc) is 2.65. The molecule has 4 heteroatoms. The topological polar surface area (TPSA) is 29.5 Å². The molecule has 2 nitrogen and oxygen atoms in total. The lowest BCUT2D eigenvalue weighted by atomic mass is 10.0.